The molecule has 0 aromatic heterocycles. The van der Waals surface area contributed by atoms with Gasteiger partial charge in [0.15, 0.2) is 0 Å². The molecule has 0 heterocycles. The summed E-state index contributed by atoms with van der Waals surface area (Å²) in [7, 11) is 0. The molecule has 102 valence electrons. The smallest absolute Gasteiger partial charge is 0.339 e. The molecule has 0 unspecified atom stereocenters. The lowest BCUT2D eigenvalue weighted by atomic mass is 10.1. The van der Waals surface area contributed by atoms with Crippen molar-refractivity contribution in [3.63, 3.8) is 0 Å². The summed E-state index contributed by atoms with van der Waals surface area (Å²) in [6.45, 7) is 0. The maximum atomic E-state index is 10.9. The van der Waals surface area contributed by atoms with Crippen molar-refractivity contribution >= 4 is 23.0 Å². The Morgan fingerprint density at radius 1 is 1.20 bits per heavy atom. The Hall–Kier alpha value is -3.09. The predicted octanol–water partition coefficient (Wildman–Crippen LogP) is 2.74. The van der Waals surface area contributed by atoms with E-state index < -0.39 is 16.6 Å². The summed E-state index contributed by atoms with van der Waals surface area (Å²) >= 11 is 0. The Labute approximate surface area is 113 Å². The molecule has 2 aromatic rings. The van der Waals surface area contributed by atoms with Crippen molar-refractivity contribution < 1.29 is 19.9 Å². The number of carboxylic acids is 1. The van der Waals surface area contributed by atoms with E-state index in [1.165, 1.54) is 36.4 Å². The summed E-state index contributed by atoms with van der Waals surface area (Å²) < 4.78 is 0. The summed E-state index contributed by atoms with van der Waals surface area (Å²) in [5.74, 6) is -1.67. The third-order valence-electron chi connectivity index (χ3n) is 2.61. The highest BCUT2D eigenvalue weighted by Crippen LogP contribution is 2.29. The van der Waals surface area contributed by atoms with E-state index in [9.17, 15) is 20.0 Å². The number of benzene rings is 2. The molecule has 0 spiro atoms. The van der Waals surface area contributed by atoms with Crippen molar-refractivity contribution in [1.82, 2.24) is 0 Å². The lowest BCUT2D eigenvalue weighted by molar-refractivity contribution is -0.383. The van der Waals surface area contributed by atoms with E-state index in [2.05, 4.69) is 5.32 Å². The SMILES string of the molecule is O=C(O)c1ccc(Nc2ccccc2[N+](=O)[O-])cc1O. The molecule has 0 atom stereocenters. The number of aromatic carboxylic acids is 1. The lowest BCUT2D eigenvalue weighted by Gasteiger charge is -2.08. The minimum Gasteiger partial charge on any atom is -0.507 e. The summed E-state index contributed by atoms with van der Waals surface area (Å²) in [6, 6.07) is 9.85. The van der Waals surface area contributed by atoms with Crippen molar-refractivity contribution in [3.05, 3.63) is 58.1 Å². The van der Waals surface area contributed by atoms with Crippen LogP contribution in [0.15, 0.2) is 42.5 Å². The van der Waals surface area contributed by atoms with Crippen molar-refractivity contribution in [2.24, 2.45) is 0 Å². The van der Waals surface area contributed by atoms with Crippen LogP contribution in [0.3, 0.4) is 0 Å². The van der Waals surface area contributed by atoms with Gasteiger partial charge in [-0.2, -0.15) is 0 Å². The number of phenols is 1. The molecule has 7 nitrogen and oxygen atoms in total. The topological polar surface area (TPSA) is 113 Å². The number of carboxylic acid groups (broad SMARTS) is 1. The molecular formula is C13H10N2O5. The van der Waals surface area contributed by atoms with Gasteiger partial charge in [0.05, 0.1) is 4.92 Å². The van der Waals surface area contributed by atoms with E-state index >= 15 is 0 Å². The van der Waals surface area contributed by atoms with E-state index in [4.69, 9.17) is 5.11 Å². The zero-order valence-electron chi connectivity index (χ0n) is 10.1. The standard InChI is InChI=1S/C13H10N2O5/c16-12-7-8(5-6-9(12)13(17)18)14-10-3-1-2-4-11(10)15(19)20/h1-7,14,16H,(H,17,18). The number of nitro groups is 1. The first-order chi connectivity index (χ1) is 9.49. The second kappa shape index (κ2) is 5.27. The molecule has 2 aromatic carbocycles. The highest BCUT2D eigenvalue weighted by molar-refractivity contribution is 5.91. The number of carbonyl (C=O) groups is 1. The summed E-state index contributed by atoms with van der Waals surface area (Å²) in [5, 5.41) is 32.0. The maximum Gasteiger partial charge on any atom is 0.339 e. The van der Waals surface area contributed by atoms with E-state index in [0.29, 0.717) is 5.69 Å². The Morgan fingerprint density at radius 2 is 1.90 bits per heavy atom. The van der Waals surface area contributed by atoms with Crippen LogP contribution in [0, 0.1) is 10.1 Å². The average Bonchev–Trinajstić information content (AvgIpc) is 2.38. The Balaban J connectivity index is 2.34. The number of hydrogen-bond acceptors (Lipinski definition) is 5. The van der Waals surface area contributed by atoms with Crippen LogP contribution in [0.2, 0.25) is 0 Å². The van der Waals surface area contributed by atoms with Gasteiger partial charge >= 0.3 is 5.97 Å². The molecule has 2 rings (SSSR count). The molecule has 0 amide bonds. The van der Waals surface area contributed by atoms with Gasteiger partial charge in [0.25, 0.3) is 5.69 Å². The molecule has 0 bridgehead atoms. The molecule has 20 heavy (non-hydrogen) atoms. The minimum absolute atomic E-state index is 0.116. The third-order valence-corrected chi connectivity index (χ3v) is 2.61. The largest absolute Gasteiger partial charge is 0.507 e. The Morgan fingerprint density at radius 3 is 2.50 bits per heavy atom. The van der Waals surface area contributed by atoms with Crippen LogP contribution in [0.25, 0.3) is 0 Å². The van der Waals surface area contributed by atoms with Crippen LogP contribution in [-0.4, -0.2) is 21.1 Å². The Bertz CT molecular complexity index is 684. The second-order valence-electron chi connectivity index (χ2n) is 3.94. The first kappa shape index (κ1) is 13.3. The highest BCUT2D eigenvalue weighted by Gasteiger charge is 2.14. The van der Waals surface area contributed by atoms with Gasteiger partial charge in [-0.1, -0.05) is 12.1 Å². The van der Waals surface area contributed by atoms with Crippen LogP contribution < -0.4 is 5.32 Å². The summed E-state index contributed by atoms with van der Waals surface area (Å²) in [6.07, 6.45) is 0. The van der Waals surface area contributed by atoms with Crippen LogP contribution in [0.5, 0.6) is 5.75 Å². The molecule has 3 N–H and O–H groups in total. The zero-order valence-corrected chi connectivity index (χ0v) is 10.1. The molecule has 0 radical (unpaired) electrons. The molecule has 7 heteroatoms. The normalized spacial score (nSPS) is 10.0. The van der Waals surface area contributed by atoms with Gasteiger partial charge in [-0.15, -0.1) is 0 Å². The van der Waals surface area contributed by atoms with Gasteiger partial charge < -0.3 is 15.5 Å². The van der Waals surface area contributed by atoms with Crippen molar-refractivity contribution in [3.8, 4) is 5.75 Å². The number of nitrogens with one attached hydrogen (secondary N) is 1. The minimum atomic E-state index is -1.25. The van der Waals surface area contributed by atoms with Crippen LogP contribution in [0.1, 0.15) is 10.4 Å². The molecule has 0 aliphatic rings. The van der Waals surface area contributed by atoms with Gasteiger partial charge in [0.2, 0.25) is 0 Å². The number of nitrogens with zero attached hydrogens (tertiary/aromatic N) is 1. The molecule has 0 saturated heterocycles. The van der Waals surface area contributed by atoms with E-state index in [0.717, 1.165) is 0 Å². The van der Waals surface area contributed by atoms with Crippen LogP contribution in [-0.2, 0) is 0 Å². The Kier molecular flexibility index (Phi) is 3.52. The van der Waals surface area contributed by atoms with E-state index in [1.807, 2.05) is 0 Å². The van der Waals surface area contributed by atoms with Crippen molar-refractivity contribution in [1.29, 1.82) is 0 Å². The number of nitro benzene ring substituents is 1. The maximum absolute atomic E-state index is 10.9. The fraction of sp³-hybridized carbons (Fsp3) is 0. The average molecular weight is 274 g/mol. The van der Waals surface area contributed by atoms with Gasteiger partial charge in [-0.05, 0) is 18.2 Å². The predicted molar refractivity (Wildman–Crippen MR) is 71.4 cm³/mol. The summed E-state index contributed by atoms with van der Waals surface area (Å²) in [4.78, 5) is 21.1. The zero-order chi connectivity index (χ0) is 14.7. The van der Waals surface area contributed by atoms with Gasteiger partial charge in [-0.3, -0.25) is 10.1 Å². The first-order valence-electron chi connectivity index (χ1n) is 5.56. The number of rotatable bonds is 4. The molecule has 0 aliphatic carbocycles. The fourth-order valence-electron chi connectivity index (χ4n) is 1.68. The van der Waals surface area contributed by atoms with Gasteiger partial charge in [0.1, 0.15) is 17.0 Å². The number of para-hydroxylation sites is 2. The van der Waals surface area contributed by atoms with Crippen LogP contribution in [0.4, 0.5) is 17.1 Å². The third kappa shape index (κ3) is 2.66. The molecular weight excluding hydrogens is 264 g/mol. The van der Waals surface area contributed by atoms with E-state index in [-0.39, 0.29) is 16.9 Å². The monoisotopic (exact) mass is 274 g/mol. The van der Waals surface area contributed by atoms with Gasteiger partial charge in [-0.25, -0.2) is 4.79 Å². The summed E-state index contributed by atoms with van der Waals surface area (Å²) in [5.41, 5.74) is 0.245. The molecule has 0 aliphatic heterocycles. The quantitative estimate of drug-likeness (QED) is 0.583. The number of anilines is 2. The number of aromatic hydroxyl groups is 1. The fourth-order valence-corrected chi connectivity index (χ4v) is 1.68. The van der Waals surface area contributed by atoms with Gasteiger partial charge in [0, 0.05) is 17.8 Å². The molecule has 0 saturated carbocycles. The highest BCUT2D eigenvalue weighted by atomic mass is 16.6. The van der Waals surface area contributed by atoms with Crippen molar-refractivity contribution in [2.45, 2.75) is 0 Å². The first-order valence-corrected chi connectivity index (χ1v) is 5.56. The molecule has 0 fully saturated rings. The second-order valence-corrected chi connectivity index (χ2v) is 3.94. The lowest BCUT2D eigenvalue weighted by Crippen LogP contribution is -1.99. The van der Waals surface area contributed by atoms with Crippen LogP contribution >= 0.6 is 0 Å². The van der Waals surface area contributed by atoms with Crippen molar-refractivity contribution in [2.75, 3.05) is 5.32 Å². The van der Waals surface area contributed by atoms with E-state index in [1.54, 1.807) is 6.07 Å². The number of hydrogen-bond donors (Lipinski definition) is 3.